The molecular formula is C18H28BN3O3S. The predicted octanol–water partition coefficient (Wildman–Crippen LogP) is 1.55. The molecule has 0 N–H and O–H groups in total. The van der Waals surface area contributed by atoms with Crippen molar-refractivity contribution < 1.29 is 14.0 Å². The van der Waals surface area contributed by atoms with E-state index in [-0.39, 0.29) is 23.9 Å². The van der Waals surface area contributed by atoms with Crippen LogP contribution in [0.2, 0.25) is 0 Å². The van der Waals surface area contributed by atoms with Gasteiger partial charge in [0.2, 0.25) is 0 Å². The molecule has 1 aromatic rings. The molecule has 1 aromatic heterocycles. The fourth-order valence-corrected chi connectivity index (χ4v) is 4.42. The van der Waals surface area contributed by atoms with Crippen LogP contribution in [0, 0.1) is 0 Å². The van der Waals surface area contributed by atoms with Crippen LogP contribution >= 0.6 is 11.9 Å². The molecule has 3 fully saturated rings. The fourth-order valence-electron chi connectivity index (χ4n) is 3.69. The standard InChI is InChI=1S/C18H28BN3O3S/c1-16(2)17(3,4)25-19(24-16)14-6-7-20-15(10-14)21-8-9-23-18(11-21)12-22(13-18)26-5/h6-7,10H,8-9,11-13H2,1-5H3. The number of nitrogens with zero attached hydrogens (tertiary/aromatic N) is 3. The molecule has 142 valence electrons. The van der Waals surface area contributed by atoms with Crippen LogP contribution in [0.1, 0.15) is 27.7 Å². The van der Waals surface area contributed by atoms with E-state index in [9.17, 15) is 0 Å². The Bertz CT molecular complexity index is 665. The van der Waals surface area contributed by atoms with E-state index < -0.39 is 0 Å². The number of hydrogen-bond acceptors (Lipinski definition) is 7. The summed E-state index contributed by atoms with van der Waals surface area (Å²) in [6.45, 7) is 12.7. The molecule has 0 aliphatic carbocycles. The van der Waals surface area contributed by atoms with Crippen LogP contribution in [0.3, 0.4) is 0 Å². The first-order chi connectivity index (χ1) is 12.2. The lowest BCUT2D eigenvalue weighted by molar-refractivity contribution is -0.119. The maximum atomic E-state index is 6.19. The third-order valence-corrected chi connectivity index (χ3v) is 6.83. The Hall–Kier alpha value is -0.795. The van der Waals surface area contributed by atoms with Crippen LogP contribution in [-0.2, 0) is 14.0 Å². The van der Waals surface area contributed by atoms with E-state index in [4.69, 9.17) is 14.0 Å². The molecule has 8 heteroatoms. The molecule has 0 bridgehead atoms. The van der Waals surface area contributed by atoms with Crippen LogP contribution in [0.15, 0.2) is 18.3 Å². The number of ether oxygens (including phenoxy) is 1. The SMILES string of the molecule is CSN1CC2(C1)CN(c1cc(B3OC(C)(C)C(C)(C)O3)ccn1)CCO2. The van der Waals surface area contributed by atoms with Crippen LogP contribution in [0.25, 0.3) is 0 Å². The van der Waals surface area contributed by atoms with E-state index in [1.165, 1.54) is 0 Å². The van der Waals surface area contributed by atoms with Gasteiger partial charge in [0.05, 0.1) is 24.4 Å². The van der Waals surface area contributed by atoms with Gasteiger partial charge in [0.25, 0.3) is 0 Å². The zero-order chi connectivity index (χ0) is 18.6. The second-order valence-electron chi connectivity index (χ2n) is 8.47. The number of hydrogen-bond donors (Lipinski definition) is 0. The van der Waals surface area contributed by atoms with Crippen molar-refractivity contribution in [1.29, 1.82) is 0 Å². The van der Waals surface area contributed by atoms with Crippen LogP contribution in [0.5, 0.6) is 0 Å². The lowest BCUT2D eigenvalue weighted by Gasteiger charge is -2.53. The summed E-state index contributed by atoms with van der Waals surface area (Å²) < 4.78 is 20.8. The molecule has 0 aromatic carbocycles. The van der Waals surface area contributed by atoms with Gasteiger partial charge in [-0.25, -0.2) is 9.29 Å². The average molecular weight is 377 g/mol. The first-order valence-corrected chi connectivity index (χ1v) is 10.4. The molecule has 4 heterocycles. The van der Waals surface area contributed by atoms with E-state index in [1.807, 2.05) is 12.3 Å². The number of morpholine rings is 1. The van der Waals surface area contributed by atoms with E-state index >= 15 is 0 Å². The second-order valence-corrected chi connectivity index (χ2v) is 9.35. The number of rotatable bonds is 3. The first kappa shape index (κ1) is 18.6. The Labute approximate surface area is 160 Å². The molecule has 0 radical (unpaired) electrons. The van der Waals surface area contributed by atoms with E-state index in [0.29, 0.717) is 0 Å². The predicted molar refractivity (Wildman–Crippen MR) is 106 cm³/mol. The molecular weight excluding hydrogens is 349 g/mol. The van der Waals surface area contributed by atoms with Gasteiger partial charge in [-0.2, -0.15) is 0 Å². The molecule has 3 aliphatic heterocycles. The van der Waals surface area contributed by atoms with Crippen molar-refractivity contribution in [2.24, 2.45) is 0 Å². The number of aromatic nitrogens is 1. The zero-order valence-corrected chi connectivity index (χ0v) is 17.1. The van der Waals surface area contributed by atoms with Gasteiger partial charge in [0, 0.05) is 25.8 Å². The van der Waals surface area contributed by atoms with Gasteiger partial charge in [-0.05, 0) is 51.5 Å². The van der Waals surface area contributed by atoms with Gasteiger partial charge >= 0.3 is 7.12 Å². The van der Waals surface area contributed by atoms with Gasteiger partial charge in [-0.1, -0.05) is 11.9 Å². The highest BCUT2D eigenvalue weighted by molar-refractivity contribution is 7.96. The summed E-state index contributed by atoms with van der Waals surface area (Å²) in [6, 6.07) is 4.09. The Morgan fingerprint density at radius 1 is 1.12 bits per heavy atom. The minimum Gasteiger partial charge on any atom is -0.399 e. The van der Waals surface area contributed by atoms with Crippen molar-refractivity contribution in [1.82, 2.24) is 9.29 Å². The fraction of sp³-hybridized carbons (Fsp3) is 0.722. The Morgan fingerprint density at radius 3 is 2.46 bits per heavy atom. The van der Waals surface area contributed by atoms with Crippen molar-refractivity contribution in [3.63, 3.8) is 0 Å². The van der Waals surface area contributed by atoms with Crippen molar-refractivity contribution >= 4 is 30.3 Å². The quantitative estimate of drug-likeness (QED) is 0.585. The molecule has 0 saturated carbocycles. The molecule has 6 nitrogen and oxygen atoms in total. The highest BCUT2D eigenvalue weighted by atomic mass is 32.2. The normalized spacial score (nSPS) is 27.0. The Morgan fingerprint density at radius 2 is 1.81 bits per heavy atom. The van der Waals surface area contributed by atoms with Crippen LogP contribution < -0.4 is 10.4 Å². The van der Waals surface area contributed by atoms with Crippen molar-refractivity contribution in [2.75, 3.05) is 43.9 Å². The first-order valence-electron chi connectivity index (χ1n) is 9.23. The summed E-state index contributed by atoms with van der Waals surface area (Å²) in [7, 11) is -0.354. The topological polar surface area (TPSA) is 47.1 Å². The molecule has 0 atom stereocenters. The van der Waals surface area contributed by atoms with Crippen molar-refractivity contribution in [3.05, 3.63) is 18.3 Å². The van der Waals surface area contributed by atoms with Crippen molar-refractivity contribution in [3.8, 4) is 0 Å². The van der Waals surface area contributed by atoms with Gasteiger partial charge in [0.15, 0.2) is 0 Å². The van der Waals surface area contributed by atoms with E-state index in [0.717, 1.165) is 44.1 Å². The summed E-state index contributed by atoms with van der Waals surface area (Å²) >= 11 is 1.78. The van der Waals surface area contributed by atoms with Crippen LogP contribution in [-0.4, -0.2) is 72.3 Å². The van der Waals surface area contributed by atoms with E-state index in [2.05, 4.69) is 54.2 Å². The third-order valence-electron chi connectivity index (χ3n) is 6.05. The molecule has 26 heavy (non-hydrogen) atoms. The Kier molecular flexibility index (Phi) is 4.55. The maximum Gasteiger partial charge on any atom is 0.495 e. The van der Waals surface area contributed by atoms with Crippen LogP contribution in [0.4, 0.5) is 5.82 Å². The third kappa shape index (κ3) is 3.16. The molecule has 3 saturated heterocycles. The lowest BCUT2D eigenvalue weighted by Crippen LogP contribution is -2.68. The smallest absolute Gasteiger partial charge is 0.399 e. The summed E-state index contributed by atoms with van der Waals surface area (Å²) in [5.41, 5.74) is 0.298. The van der Waals surface area contributed by atoms with Gasteiger partial charge < -0.3 is 18.9 Å². The minimum absolute atomic E-state index is 0.0523. The average Bonchev–Trinajstić information content (AvgIpc) is 2.80. The minimum atomic E-state index is -0.354. The molecule has 3 aliphatic rings. The molecule has 4 rings (SSSR count). The van der Waals surface area contributed by atoms with E-state index in [1.54, 1.807) is 11.9 Å². The van der Waals surface area contributed by atoms with Crippen molar-refractivity contribution in [2.45, 2.75) is 44.5 Å². The molecule has 0 amide bonds. The largest absolute Gasteiger partial charge is 0.495 e. The molecule has 1 spiro atoms. The summed E-state index contributed by atoms with van der Waals surface area (Å²) in [6.07, 6.45) is 3.97. The lowest BCUT2D eigenvalue weighted by atomic mass is 9.79. The highest BCUT2D eigenvalue weighted by Gasteiger charge is 2.52. The summed E-state index contributed by atoms with van der Waals surface area (Å²) in [4.78, 5) is 6.94. The monoisotopic (exact) mass is 377 g/mol. The van der Waals surface area contributed by atoms with Gasteiger partial charge in [0.1, 0.15) is 11.4 Å². The summed E-state index contributed by atoms with van der Waals surface area (Å²) in [5.74, 6) is 0.975. The number of pyridine rings is 1. The van der Waals surface area contributed by atoms with Gasteiger partial charge in [-0.3, -0.25) is 0 Å². The summed E-state index contributed by atoms with van der Waals surface area (Å²) in [5, 5.41) is 0. The molecule has 0 unspecified atom stereocenters. The Balaban J connectivity index is 1.50. The van der Waals surface area contributed by atoms with Gasteiger partial charge in [-0.15, -0.1) is 0 Å². The second kappa shape index (κ2) is 6.38. The maximum absolute atomic E-state index is 6.19. The zero-order valence-electron chi connectivity index (χ0n) is 16.3. The highest BCUT2D eigenvalue weighted by Crippen LogP contribution is 2.37. The number of anilines is 1.